The first-order chi connectivity index (χ1) is 10.2. The van der Waals surface area contributed by atoms with Crippen LogP contribution in [0.15, 0.2) is 0 Å². The van der Waals surface area contributed by atoms with E-state index in [9.17, 15) is 9.90 Å². The van der Waals surface area contributed by atoms with Crippen LogP contribution in [-0.4, -0.2) is 26.7 Å². The molecule has 0 aromatic rings. The van der Waals surface area contributed by atoms with E-state index in [1.165, 1.54) is 30.8 Å². The third-order valence-corrected chi connectivity index (χ3v) is 11.5. The predicted molar refractivity (Wildman–Crippen MR) is 94.2 cm³/mol. The smallest absolute Gasteiger partial charge is 0.307 e. The van der Waals surface area contributed by atoms with Crippen molar-refractivity contribution in [2.24, 2.45) is 34.0 Å². The van der Waals surface area contributed by atoms with Crippen molar-refractivity contribution in [3.8, 4) is 0 Å². The fraction of sp³-hybridized carbons (Fsp3) is 0.944. The first-order valence-corrected chi connectivity index (χ1v) is 10.7. The molecule has 1 saturated heterocycles. The van der Waals surface area contributed by atoms with Gasteiger partial charge in [-0.2, -0.15) is 0 Å². The maximum atomic E-state index is 12.3. The van der Waals surface area contributed by atoms with Gasteiger partial charge in [0.05, 0.1) is 10.00 Å². The van der Waals surface area contributed by atoms with Crippen LogP contribution in [-0.2, 0) is 4.79 Å². The number of carboxylic acids is 1. The molecular weight excluding hydrogens is 312 g/mol. The molecule has 124 valence electrons. The van der Waals surface area contributed by atoms with Crippen LogP contribution in [0.5, 0.6) is 0 Å². The van der Waals surface area contributed by atoms with Crippen LogP contribution in [0.4, 0.5) is 0 Å². The van der Waals surface area contributed by atoms with Crippen molar-refractivity contribution in [1.29, 1.82) is 0 Å². The highest BCUT2D eigenvalue weighted by molar-refractivity contribution is 8.21. The number of aliphatic carboxylic acids is 1. The molecule has 4 heteroatoms. The summed E-state index contributed by atoms with van der Waals surface area (Å²) >= 11 is 4.33. The van der Waals surface area contributed by atoms with E-state index >= 15 is 0 Å². The first-order valence-electron chi connectivity index (χ1n) is 8.69. The van der Waals surface area contributed by atoms with Crippen LogP contribution in [0.2, 0.25) is 0 Å². The summed E-state index contributed by atoms with van der Waals surface area (Å²) < 4.78 is 0.307. The van der Waals surface area contributed by atoms with Gasteiger partial charge in [-0.1, -0.05) is 34.1 Å². The highest BCUT2D eigenvalue weighted by Gasteiger charge is 2.80. The molecule has 0 radical (unpaired) electrons. The van der Waals surface area contributed by atoms with Crippen molar-refractivity contribution >= 4 is 29.5 Å². The highest BCUT2D eigenvalue weighted by Crippen LogP contribution is 2.83. The zero-order valence-electron chi connectivity index (χ0n) is 14.1. The lowest BCUT2D eigenvalue weighted by molar-refractivity contribution is -0.152. The molecule has 4 rings (SSSR count). The molecule has 0 aromatic heterocycles. The quantitative estimate of drug-likeness (QED) is 0.748. The summed E-state index contributed by atoms with van der Waals surface area (Å²) in [5.41, 5.74) is 0.329. The van der Waals surface area contributed by atoms with Gasteiger partial charge in [0.25, 0.3) is 0 Å². The molecule has 1 aliphatic heterocycles. The number of thioether (sulfide) groups is 2. The van der Waals surface area contributed by atoms with Crippen molar-refractivity contribution in [2.75, 3.05) is 11.5 Å². The first kappa shape index (κ1) is 15.7. The maximum absolute atomic E-state index is 12.3. The average molecular weight is 341 g/mol. The lowest BCUT2D eigenvalue weighted by atomic mass is 9.58. The molecule has 0 amide bonds. The Morgan fingerprint density at radius 2 is 1.68 bits per heavy atom. The van der Waals surface area contributed by atoms with E-state index in [4.69, 9.17) is 0 Å². The van der Waals surface area contributed by atoms with Crippen molar-refractivity contribution in [2.45, 2.75) is 57.5 Å². The number of rotatable bonds is 1. The third-order valence-electron chi connectivity index (χ3n) is 7.94. The second-order valence-corrected chi connectivity index (χ2v) is 12.3. The van der Waals surface area contributed by atoms with E-state index in [2.05, 4.69) is 51.2 Å². The normalized spacial score (nSPS) is 51.2. The van der Waals surface area contributed by atoms with Gasteiger partial charge >= 0.3 is 5.97 Å². The van der Waals surface area contributed by atoms with Crippen molar-refractivity contribution in [3.05, 3.63) is 0 Å². The molecule has 0 aromatic carbocycles. The molecule has 0 unspecified atom stereocenters. The Labute approximate surface area is 142 Å². The second kappa shape index (κ2) is 4.41. The van der Waals surface area contributed by atoms with E-state index in [0.29, 0.717) is 15.9 Å². The molecule has 4 aliphatic rings. The largest absolute Gasteiger partial charge is 0.481 e. The topological polar surface area (TPSA) is 37.3 Å². The Morgan fingerprint density at radius 1 is 1.05 bits per heavy atom. The Morgan fingerprint density at radius 3 is 2.27 bits per heavy atom. The summed E-state index contributed by atoms with van der Waals surface area (Å²) in [5.74, 6) is 2.73. The van der Waals surface area contributed by atoms with E-state index in [0.717, 1.165) is 6.42 Å². The minimum absolute atomic E-state index is 0.0316. The Bertz CT molecular complexity index is 525. The van der Waals surface area contributed by atoms with Crippen molar-refractivity contribution in [1.82, 2.24) is 0 Å². The number of carbonyl (C=O) groups is 1. The molecule has 5 atom stereocenters. The fourth-order valence-electron chi connectivity index (χ4n) is 6.99. The molecule has 3 saturated carbocycles. The van der Waals surface area contributed by atoms with Gasteiger partial charge in [0.15, 0.2) is 0 Å². The molecule has 4 bridgehead atoms. The molecule has 22 heavy (non-hydrogen) atoms. The van der Waals surface area contributed by atoms with E-state index in [-0.39, 0.29) is 22.2 Å². The maximum Gasteiger partial charge on any atom is 0.307 e. The van der Waals surface area contributed by atoms with E-state index in [1.807, 2.05) is 0 Å². The molecule has 3 aliphatic carbocycles. The van der Waals surface area contributed by atoms with E-state index < -0.39 is 5.97 Å². The average Bonchev–Trinajstić information content (AvgIpc) is 2.94. The Balaban J connectivity index is 1.93. The van der Waals surface area contributed by atoms with Gasteiger partial charge in [0.1, 0.15) is 0 Å². The minimum Gasteiger partial charge on any atom is -0.481 e. The molecule has 1 spiro atoms. The van der Waals surface area contributed by atoms with Gasteiger partial charge in [0.2, 0.25) is 0 Å². The zero-order valence-corrected chi connectivity index (χ0v) is 15.8. The van der Waals surface area contributed by atoms with Gasteiger partial charge in [0, 0.05) is 11.5 Å². The summed E-state index contributed by atoms with van der Waals surface area (Å²) in [7, 11) is 0. The number of carboxylic acid groups (broad SMARTS) is 1. The van der Waals surface area contributed by atoms with Gasteiger partial charge < -0.3 is 5.11 Å². The fourth-order valence-corrected chi connectivity index (χ4v) is 11.2. The Kier molecular flexibility index (Phi) is 3.15. The summed E-state index contributed by atoms with van der Waals surface area (Å²) in [6.45, 7) is 9.47. The van der Waals surface area contributed by atoms with Crippen LogP contribution < -0.4 is 0 Å². The molecule has 1 heterocycles. The Hall–Kier alpha value is 0.170. The molecule has 1 N–H and O–H groups in total. The summed E-state index contributed by atoms with van der Waals surface area (Å²) in [5, 5.41) is 10.1. The molecular formula is C18H28O2S2. The summed E-state index contributed by atoms with van der Waals surface area (Å²) in [6.07, 6.45) is 4.79. The van der Waals surface area contributed by atoms with Crippen molar-refractivity contribution in [3.63, 3.8) is 0 Å². The molecule has 2 nitrogen and oxygen atoms in total. The third kappa shape index (κ3) is 1.60. The minimum atomic E-state index is -0.529. The van der Waals surface area contributed by atoms with Gasteiger partial charge in [-0.15, -0.1) is 23.5 Å². The highest BCUT2D eigenvalue weighted by atomic mass is 32.2. The van der Waals surface area contributed by atoms with Gasteiger partial charge in [-0.25, -0.2) is 0 Å². The van der Waals surface area contributed by atoms with Crippen LogP contribution in [0.3, 0.4) is 0 Å². The monoisotopic (exact) mass is 340 g/mol. The number of hydrogen-bond donors (Lipinski definition) is 1. The summed E-state index contributed by atoms with van der Waals surface area (Å²) in [4.78, 5) is 12.3. The standard InChI is InChI=1S/C18H28O2S2/c1-15(2)6-5-7-16(3)13-11(15)12(14(19)20)17(16,4)10-18(13)21-8-9-22-18/h11-13H,5-10H2,1-4H3,(H,19,20)/t11-,12+,13+,16-,17-/m0/s1. The second-order valence-electron chi connectivity index (χ2n) is 9.18. The van der Waals surface area contributed by atoms with E-state index in [1.54, 1.807) is 0 Å². The molecule has 4 fully saturated rings. The van der Waals surface area contributed by atoms with Crippen LogP contribution in [0.25, 0.3) is 0 Å². The van der Waals surface area contributed by atoms with Gasteiger partial charge in [-0.05, 0) is 47.3 Å². The van der Waals surface area contributed by atoms with Crippen LogP contribution >= 0.6 is 23.5 Å². The van der Waals surface area contributed by atoms with Crippen LogP contribution in [0.1, 0.15) is 53.4 Å². The lowest BCUT2D eigenvalue weighted by Gasteiger charge is -2.49. The SMILES string of the molecule is CC1(C)CCC[C@@]2(C)[C@H]3[C@@H]1[C@H](C(=O)O)[C@]2(C)CC31SCCS1. The van der Waals surface area contributed by atoms with Gasteiger partial charge in [-0.3, -0.25) is 4.79 Å². The lowest BCUT2D eigenvalue weighted by Crippen LogP contribution is -2.49. The zero-order chi connectivity index (χ0) is 16.0. The number of hydrogen-bond acceptors (Lipinski definition) is 3. The summed E-state index contributed by atoms with van der Waals surface area (Å²) in [6, 6.07) is 0. The van der Waals surface area contributed by atoms with Crippen molar-refractivity contribution < 1.29 is 9.90 Å². The predicted octanol–water partition coefficient (Wildman–Crippen LogP) is 4.74. The van der Waals surface area contributed by atoms with Crippen LogP contribution in [0, 0.1) is 34.0 Å².